The molecule has 11 heteroatoms. The van der Waals surface area contributed by atoms with E-state index in [9.17, 15) is 43.9 Å². The summed E-state index contributed by atoms with van der Waals surface area (Å²) in [5.74, 6) is -9.41. The Morgan fingerprint density at radius 1 is 0.579 bits per heavy atom. The molecule has 0 saturated carbocycles. The Labute approximate surface area is 208 Å². The van der Waals surface area contributed by atoms with Crippen molar-refractivity contribution < 1.29 is 48.6 Å². The minimum Gasteiger partial charge on any atom is -0.429 e. The zero-order valence-corrected chi connectivity index (χ0v) is 18.6. The Morgan fingerprint density at radius 3 is 1.66 bits per heavy atom. The molecule has 0 N–H and O–H groups in total. The first-order valence-electron chi connectivity index (χ1n) is 10.5. The van der Waals surface area contributed by atoms with Crippen molar-refractivity contribution in [3.05, 3.63) is 119 Å². The van der Waals surface area contributed by atoms with Gasteiger partial charge in [-0.25, -0.2) is 26.3 Å². The van der Waals surface area contributed by atoms with Crippen molar-refractivity contribution in [2.75, 3.05) is 0 Å². The van der Waals surface area contributed by atoms with Crippen LogP contribution in [-0.4, -0.2) is 0 Å². The van der Waals surface area contributed by atoms with Gasteiger partial charge < -0.3 is 4.74 Å². The molecule has 0 heterocycles. The molecule has 0 atom stereocenters. The summed E-state index contributed by atoms with van der Waals surface area (Å²) in [4.78, 5) is 0. The summed E-state index contributed by atoms with van der Waals surface area (Å²) in [6.45, 7) is 0. The van der Waals surface area contributed by atoms with E-state index < -0.39 is 64.0 Å². The summed E-state index contributed by atoms with van der Waals surface area (Å²) in [6.07, 6.45) is -6.70. The summed E-state index contributed by atoms with van der Waals surface area (Å²) in [7, 11) is 0. The molecule has 0 radical (unpaired) electrons. The van der Waals surface area contributed by atoms with E-state index in [0.717, 1.165) is 48.5 Å². The van der Waals surface area contributed by atoms with Crippen LogP contribution in [0.4, 0.5) is 43.9 Å². The summed E-state index contributed by atoms with van der Waals surface area (Å²) in [6, 6.07) is 9.54. The third-order valence-electron chi connectivity index (χ3n) is 5.40. The Bertz CT molecular complexity index is 1520. The van der Waals surface area contributed by atoms with Gasteiger partial charge in [-0.15, -0.1) is 0 Å². The molecule has 4 aromatic carbocycles. The Balaban J connectivity index is 1.58. The highest BCUT2D eigenvalue weighted by Crippen LogP contribution is 2.36. The Morgan fingerprint density at radius 2 is 1.11 bits per heavy atom. The van der Waals surface area contributed by atoms with Gasteiger partial charge in [0.2, 0.25) is 0 Å². The molecule has 0 aliphatic heterocycles. The third kappa shape index (κ3) is 5.36. The number of ether oxygens (including phenoxy) is 1. The van der Waals surface area contributed by atoms with E-state index in [4.69, 9.17) is 0 Å². The van der Waals surface area contributed by atoms with Crippen LogP contribution in [0.2, 0.25) is 0 Å². The fourth-order valence-corrected chi connectivity index (χ4v) is 3.54. The van der Waals surface area contributed by atoms with Gasteiger partial charge in [0.05, 0.1) is 5.56 Å². The molecule has 0 aromatic heterocycles. The fraction of sp³-hybridized carbons (Fsp3) is 0.0370. The van der Waals surface area contributed by atoms with Gasteiger partial charge in [-0.05, 0) is 65.7 Å². The van der Waals surface area contributed by atoms with Crippen LogP contribution in [0, 0.1) is 29.1 Å². The van der Waals surface area contributed by atoms with E-state index in [-0.39, 0.29) is 22.3 Å². The molecule has 0 amide bonds. The van der Waals surface area contributed by atoms with Gasteiger partial charge in [0.25, 0.3) is 0 Å². The first kappa shape index (κ1) is 26.8. The molecule has 4 rings (SSSR count). The molecule has 38 heavy (non-hydrogen) atoms. The van der Waals surface area contributed by atoms with Crippen molar-refractivity contribution in [2.45, 2.75) is 6.11 Å². The van der Waals surface area contributed by atoms with Gasteiger partial charge >= 0.3 is 12.2 Å². The number of hydrogen-bond donors (Lipinski definition) is 0. The van der Waals surface area contributed by atoms with Crippen LogP contribution in [0.25, 0.3) is 28.1 Å². The summed E-state index contributed by atoms with van der Waals surface area (Å²) < 4.78 is 141. The van der Waals surface area contributed by atoms with Gasteiger partial charge in [-0.2, -0.15) is 17.6 Å². The Hall–Kier alpha value is -4.28. The lowest BCUT2D eigenvalue weighted by Gasteiger charge is -2.19. The SMILES string of the molecule is FC(F)=C(F)c1ccc(OC(F)(F)c2ccc(-c3ccc(-c4cc(F)c(F)c(F)c4)c(F)c3)c(F)c2)cc1. The predicted molar refractivity (Wildman–Crippen MR) is 118 cm³/mol. The smallest absolute Gasteiger partial charge is 0.426 e. The minimum atomic E-state index is -4.10. The number of benzene rings is 4. The number of halogens is 10. The second kappa shape index (κ2) is 10.2. The van der Waals surface area contributed by atoms with E-state index >= 15 is 0 Å². The lowest BCUT2D eigenvalue weighted by molar-refractivity contribution is -0.185. The summed E-state index contributed by atoms with van der Waals surface area (Å²) in [5.41, 5.74) is -2.56. The maximum absolute atomic E-state index is 14.8. The van der Waals surface area contributed by atoms with E-state index in [1.54, 1.807) is 0 Å². The minimum absolute atomic E-state index is 0.103. The maximum Gasteiger partial charge on any atom is 0.426 e. The number of alkyl halides is 2. The molecule has 196 valence electrons. The van der Waals surface area contributed by atoms with Crippen LogP contribution in [0.1, 0.15) is 11.1 Å². The van der Waals surface area contributed by atoms with Crippen LogP contribution in [-0.2, 0) is 6.11 Å². The standard InChI is InChI=1S/C27H12F10O/c28-20-9-14(3-7-19(20)15-10-22(30)25(33)23(31)11-15)18-8-4-16(12-21(18)29)27(36,37)38-17-5-1-13(2-6-17)24(32)26(34)35/h1-12H. The van der Waals surface area contributed by atoms with Gasteiger partial charge in [-0.3, -0.25) is 0 Å². The van der Waals surface area contributed by atoms with Gasteiger partial charge in [0.15, 0.2) is 23.3 Å². The molecule has 4 aromatic rings. The lowest BCUT2D eigenvalue weighted by Crippen LogP contribution is -2.22. The van der Waals surface area contributed by atoms with Crippen molar-refractivity contribution in [3.63, 3.8) is 0 Å². The maximum atomic E-state index is 14.8. The normalized spacial score (nSPS) is 11.4. The predicted octanol–water partition coefficient (Wildman–Crippen LogP) is 9.38. The fourth-order valence-electron chi connectivity index (χ4n) is 3.54. The highest BCUT2D eigenvalue weighted by atomic mass is 19.3. The molecule has 0 fully saturated rings. The first-order valence-corrected chi connectivity index (χ1v) is 10.5. The van der Waals surface area contributed by atoms with Crippen molar-refractivity contribution in [2.24, 2.45) is 0 Å². The van der Waals surface area contributed by atoms with Crippen molar-refractivity contribution in [1.82, 2.24) is 0 Å². The quantitative estimate of drug-likeness (QED) is 0.174. The van der Waals surface area contributed by atoms with Crippen LogP contribution in [0.15, 0.2) is 78.9 Å². The number of hydrogen-bond acceptors (Lipinski definition) is 1. The average molecular weight is 542 g/mol. The summed E-state index contributed by atoms with van der Waals surface area (Å²) >= 11 is 0. The van der Waals surface area contributed by atoms with E-state index in [1.165, 1.54) is 6.07 Å². The molecule has 0 bridgehead atoms. The molecule has 0 spiro atoms. The molecule has 0 saturated heterocycles. The van der Waals surface area contributed by atoms with Crippen LogP contribution < -0.4 is 4.74 Å². The average Bonchev–Trinajstić information content (AvgIpc) is 2.86. The molecular formula is C27H12F10O. The third-order valence-corrected chi connectivity index (χ3v) is 5.40. The highest BCUT2D eigenvalue weighted by molar-refractivity contribution is 5.71. The lowest BCUT2D eigenvalue weighted by atomic mass is 9.98. The van der Waals surface area contributed by atoms with E-state index in [0.29, 0.717) is 18.2 Å². The largest absolute Gasteiger partial charge is 0.429 e. The van der Waals surface area contributed by atoms with Crippen molar-refractivity contribution in [1.29, 1.82) is 0 Å². The van der Waals surface area contributed by atoms with Crippen molar-refractivity contribution >= 4 is 5.83 Å². The zero-order valence-electron chi connectivity index (χ0n) is 18.6. The van der Waals surface area contributed by atoms with E-state index in [2.05, 4.69) is 4.74 Å². The second-order valence-electron chi connectivity index (χ2n) is 7.86. The monoisotopic (exact) mass is 542 g/mol. The Kier molecular flexibility index (Phi) is 7.21. The molecule has 1 nitrogen and oxygen atoms in total. The zero-order chi connectivity index (χ0) is 27.8. The molecule has 0 unspecified atom stereocenters. The highest BCUT2D eigenvalue weighted by Gasteiger charge is 2.35. The molecule has 0 aliphatic rings. The topological polar surface area (TPSA) is 9.23 Å². The van der Waals surface area contributed by atoms with Crippen molar-refractivity contribution in [3.8, 4) is 28.0 Å². The summed E-state index contributed by atoms with van der Waals surface area (Å²) in [5, 5.41) is 0. The van der Waals surface area contributed by atoms with Crippen LogP contribution in [0.5, 0.6) is 5.75 Å². The molecule has 0 aliphatic carbocycles. The molecular weight excluding hydrogens is 530 g/mol. The first-order chi connectivity index (χ1) is 17.9. The van der Waals surface area contributed by atoms with E-state index in [1.807, 2.05) is 0 Å². The van der Waals surface area contributed by atoms with Gasteiger partial charge in [0.1, 0.15) is 17.4 Å². The van der Waals surface area contributed by atoms with Crippen LogP contribution in [0.3, 0.4) is 0 Å². The second-order valence-corrected chi connectivity index (χ2v) is 7.86. The van der Waals surface area contributed by atoms with Gasteiger partial charge in [0, 0.05) is 16.7 Å². The van der Waals surface area contributed by atoms with Crippen LogP contribution >= 0.6 is 0 Å². The van der Waals surface area contributed by atoms with Gasteiger partial charge in [-0.1, -0.05) is 18.2 Å². The number of rotatable bonds is 6.